The predicted molar refractivity (Wildman–Crippen MR) is 84.0 cm³/mol. The molecule has 1 aromatic rings. The van der Waals surface area contributed by atoms with Crippen LogP contribution in [0, 0.1) is 0 Å². The Morgan fingerprint density at radius 1 is 1.45 bits per heavy atom. The van der Waals surface area contributed by atoms with Gasteiger partial charge in [-0.3, -0.25) is 9.48 Å². The smallest absolute Gasteiger partial charge is 0.257 e. The van der Waals surface area contributed by atoms with E-state index >= 15 is 0 Å². The normalized spacial score (nSPS) is 22.9. The van der Waals surface area contributed by atoms with Crippen molar-refractivity contribution >= 4 is 5.91 Å². The molecule has 122 valence electrons. The zero-order valence-corrected chi connectivity index (χ0v) is 13.8. The monoisotopic (exact) mass is 306 g/mol. The number of nitrogens with zero attached hydrogens (tertiary/aromatic N) is 4. The lowest BCUT2D eigenvalue weighted by atomic mass is 9.81. The van der Waals surface area contributed by atoms with E-state index in [1.807, 2.05) is 32.2 Å². The highest BCUT2D eigenvalue weighted by Crippen LogP contribution is 2.37. The van der Waals surface area contributed by atoms with Gasteiger partial charge in [0, 0.05) is 38.8 Å². The third kappa shape index (κ3) is 3.17. The number of aryl methyl sites for hydroxylation is 1. The van der Waals surface area contributed by atoms with E-state index in [2.05, 4.69) is 10.00 Å². The number of carbonyl (C=O) groups is 1. The molecule has 2 heterocycles. The summed E-state index contributed by atoms with van der Waals surface area (Å²) in [4.78, 5) is 16.9. The maximum absolute atomic E-state index is 12.9. The zero-order chi connectivity index (χ0) is 15.7. The van der Waals surface area contributed by atoms with E-state index in [0.717, 1.165) is 30.6 Å². The molecule has 1 unspecified atom stereocenters. The molecule has 3 rings (SSSR count). The molecule has 0 radical (unpaired) electrons. The van der Waals surface area contributed by atoms with Gasteiger partial charge in [-0.2, -0.15) is 5.10 Å². The quantitative estimate of drug-likeness (QED) is 0.835. The summed E-state index contributed by atoms with van der Waals surface area (Å²) in [6.07, 6.45) is 5.54. The number of hydrogen-bond donors (Lipinski definition) is 0. The van der Waals surface area contributed by atoms with Gasteiger partial charge in [0.1, 0.15) is 0 Å². The average Bonchev–Trinajstić information content (AvgIpc) is 2.77. The molecule has 2 fully saturated rings. The van der Waals surface area contributed by atoms with Crippen LogP contribution in [0.1, 0.15) is 41.2 Å². The van der Waals surface area contributed by atoms with Crippen LogP contribution in [0.4, 0.5) is 0 Å². The molecule has 6 heteroatoms. The molecule has 2 aliphatic rings. The van der Waals surface area contributed by atoms with Crippen LogP contribution in [0.5, 0.6) is 0 Å². The molecular formula is C16H26N4O2. The Balaban J connectivity index is 1.73. The van der Waals surface area contributed by atoms with Gasteiger partial charge in [-0.05, 0) is 26.9 Å². The molecule has 1 atom stereocenters. The molecule has 0 spiro atoms. The largest absolute Gasteiger partial charge is 0.373 e. The molecule has 22 heavy (non-hydrogen) atoms. The maximum atomic E-state index is 12.9. The zero-order valence-electron chi connectivity index (χ0n) is 13.8. The third-order valence-electron chi connectivity index (χ3n) is 4.57. The Hall–Kier alpha value is -1.40. The van der Waals surface area contributed by atoms with Gasteiger partial charge in [0.15, 0.2) is 0 Å². The van der Waals surface area contributed by atoms with E-state index in [1.165, 1.54) is 6.42 Å². The van der Waals surface area contributed by atoms with Gasteiger partial charge in [-0.1, -0.05) is 6.42 Å². The highest BCUT2D eigenvalue weighted by Gasteiger charge is 2.32. The fourth-order valence-electron chi connectivity index (χ4n) is 3.25. The molecule has 1 amide bonds. The highest BCUT2D eigenvalue weighted by molar-refractivity contribution is 5.95. The van der Waals surface area contributed by atoms with Crippen LogP contribution in [0.25, 0.3) is 0 Å². The molecule has 0 aromatic carbocycles. The van der Waals surface area contributed by atoms with Crippen molar-refractivity contribution in [2.75, 3.05) is 40.3 Å². The number of rotatable bonds is 4. The summed E-state index contributed by atoms with van der Waals surface area (Å²) in [5.74, 6) is 0.584. The van der Waals surface area contributed by atoms with Gasteiger partial charge in [-0.15, -0.1) is 0 Å². The number of hydrogen-bond acceptors (Lipinski definition) is 4. The first kappa shape index (κ1) is 15.5. The number of morpholine rings is 1. The first-order chi connectivity index (χ1) is 10.5. The molecule has 1 aromatic heterocycles. The summed E-state index contributed by atoms with van der Waals surface area (Å²) < 4.78 is 7.54. The van der Waals surface area contributed by atoms with Crippen molar-refractivity contribution in [3.05, 3.63) is 17.5 Å². The third-order valence-corrected chi connectivity index (χ3v) is 4.57. The summed E-state index contributed by atoms with van der Waals surface area (Å²) in [5.41, 5.74) is 1.78. The van der Waals surface area contributed by atoms with E-state index in [4.69, 9.17) is 4.74 Å². The van der Waals surface area contributed by atoms with Crippen LogP contribution in [0.2, 0.25) is 0 Å². The van der Waals surface area contributed by atoms with Crippen molar-refractivity contribution in [3.8, 4) is 0 Å². The highest BCUT2D eigenvalue weighted by atomic mass is 16.5. The minimum absolute atomic E-state index is 0.0940. The minimum Gasteiger partial charge on any atom is -0.373 e. The van der Waals surface area contributed by atoms with Crippen LogP contribution in [0.3, 0.4) is 0 Å². The number of carbonyl (C=O) groups excluding carboxylic acids is 1. The maximum Gasteiger partial charge on any atom is 0.257 e. The average molecular weight is 306 g/mol. The van der Waals surface area contributed by atoms with Crippen LogP contribution < -0.4 is 0 Å². The number of ether oxygens (including phenoxy) is 1. The molecule has 1 saturated carbocycles. The minimum atomic E-state index is 0.0940. The molecule has 1 aliphatic carbocycles. The summed E-state index contributed by atoms with van der Waals surface area (Å²) in [6, 6.07) is 0. The molecule has 6 nitrogen and oxygen atoms in total. The van der Waals surface area contributed by atoms with Gasteiger partial charge in [-0.25, -0.2) is 0 Å². The van der Waals surface area contributed by atoms with Gasteiger partial charge in [0.25, 0.3) is 5.91 Å². The van der Waals surface area contributed by atoms with Gasteiger partial charge < -0.3 is 14.5 Å². The number of amides is 1. The van der Waals surface area contributed by atoms with Crippen molar-refractivity contribution in [2.45, 2.75) is 31.3 Å². The van der Waals surface area contributed by atoms with Gasteiger partial charge >= 0.3 is 0 Å². The van der Waals surface area contributed by atoms with Crippen LogP contribution in [-0.2, 0) is 11.8 Å². The van der Waals surface area contributed by atoms with E-state index in [9.17, 15) is 4.79 Å². The van der Waals surface area contributed by atoms with E-state index in [1.54, 1.807) is 4.68 Å². The van der Waals surface area contributed by atoms with Crippen LogP contribution in [-0.4, -0.2) is 71.9 Å². The fraction of sp³-hybridized carbons (Fsp3) is 0.750. The summed E-state index contributed by atoms with van der Waals surface area (Å²) >= 11 is 0. The standard InChI is InChI=1S/C16H26N4O2/c1-18(2)9-13-10-20(7-8-22-13)16(21)14-11-19(3)17-15(14)12-5-4-6-12/h11-13H,4-10H2,1-3H3. The molecule has 0 N–H and O–H groups in total. The lowest BCUT2D eigenvalue weighted by molar-refractivity contribution is -0.0306. The lowest BCUT2D eigenvalue weighted by Crippen LogP contribution is -2.48. The Morgan fingerprint density at radius 3 is 2.86 bits per heavy atom. The summed E-state index contributed by atoms with van der Waals surface area (Å²) in [7, 11) is 5.95. The first-order valence-corrected chi connectivity index (χ1v) is 8.13. The second kappa shape index (κ2) is 6.38. The predicted octanol–water partition coefficient (Wildman–Crippen LogP) is 1.09. The Bertz CT molecular complexity index is 536. The second-order valence-corrected chi connectivity index (χ2v) is 6.74. The topological polar surface area (TPSA) is 50.6 Å². The summed E-state index contributed by atoms with van der Waals surface area (Å²) in [5, 5.41) is 4.55. The molecular weight excluding hydrogens is 280 g/mol. The van der Waals surface area contributed by atoms with Crippen molar-refractivity contribution in [1.29, 1.82) is 0 Å². The second-order valence-electron chi connectivity index (χ2n) is 6.74. The van der Waals surface area contributed by atoms with Crippen molar-refractivity contribution < 1.29 is 9.53 Å². The van der Waals surface area contributed by atoms with Crippen LogP contribution in [0.15, 0.2) is 6.20 Å². The molecule has 1 saturated heterocycles. The van der Waals surface area contributed by atoms with E-state index < -0.39 is 0 Å². The van der Waals surface area contributed by atoms with Gasteiger partial charge in [0.2, 0.25) is 0 Å². The Morgan fingerprint density at radius 2 is 2.23 bits per heavy atom. The number of likely N-dealkylation sites (N-methyl/N-ethyl adjacent to an activating group) is 1. The van der Waals surface area contributed by atoms with E-state index in [-0.39, 0.29) is 12.0 Å². The lowest BCUT2D eigenvalue weighted by Gasteiger charge is -2.34. The van der Waals surface area contributed by atoms with Crippen molar-refractivity contribution in [2.24, 2.45) is 7.05 Å². The first-order valence-electron chi connectivity index (χ1n) is 8.13. The Kier molecular flexibility index (Phi) is 4.49. The van der Waals surface area contributed by atoms with Crippen molar-refractivity contribution in [1.82, 2.24) is 19.6 Å². The SMILES string of the molecule is CN(C)CC1CN(C(=O)c2cn(C)nc2C2CCC2)CCO1. The van der Waals surface area contributed by atoms with Gasteiger partial charge in [0.05, 0.1) is 24.0 Å². The van der Waals surface area contributed by atoms with Crippen LogP contribution >= 0.6 is 0 Å². The Labute approximate surface area is 132 Å². The molecule has 0 bridgehead atoms. The fourth-order valence-corrected chi connectivity index (χ4v) is 3.25. The summed E-state index contributed by atoms with van der Waals surface area (Å²) in [6.45, 7) is 2.79. The van der Waals surface area contributed by atoms with E-state index in [0.29, 0.717) is 25.6 Å². The molecule has 1 aliphatic heterocycles. The number of aromatic nitrogens is 2. The van der Waals surface area contributed by atoms with Crippen molar-refractivity contribution in [3.63, 3.8) is 0 Å².